The summed E-state index contributed by atoms with van der Waals surface area (Å²) in [6.45, 7) is -0.255. The molecule has 190 valence electrons. The fraction of sp³-hybridized carbons (Fsp3) is 0.591. The Morgan fingerprint density at radius 1 is 1.14 bits per heavy atom. The first-order valence-corrected chi connectivity index (χ1v) is 11.2. The minimum Gasteiger partial charge on any atom is -0.481 e. The first-order valence-electron chi connectivity index (χ1n) is 11.2. The molecule has 8 nitrogen and oxygen atoms in total. The summed E-state index contributed by atoms with van der Waals surface area (Å²) in [6, 6.07) is 2.82. The van der Waals surface area contributed by atoms with Crippen LogP contribution in [0.2, 0.25) is 0 Å². The third-order valence-corrected chi connectivity index (χ3v) is 6.87. The Bertz CT molecular complexity index is 1080. The minimum absolute atomic E-state index is 0.147. The van der Waals surface area contributed by atoms with Crippen molar-refractivity contribution in [2.45, 2.75) is 68.0 Å². The van der Waals surface area contributed by atoms with Crippen molar-refractivity contribution in [3.8, 4) is 5.75 Å². The normalized spacial score (nSPS) is 30.1. The summed E-state index contributed by atoms with van der Waals surface area (Å²) < 4.78 is 84.6. The smallest absolute Gasteiger partial charge is 0.481 e. The highest BCUT2D eigenvalue weighted by Gasteiger charge is 2.54. The van der Waals surface area contributed by atoms with Crippen LogP contribution in [0.3, 0.4) is 0 Å². The highest BCUT2D eigenvalue weighted by atomic mass is 19.4. The number of alkyl halides is 3. The van der Waals surface area contributed by atoms with Gasteiger partial charge in [0.25, 0.3) is 5.91 Å². The van der Waals surface area contributed by atoms with Crippen molar-refractivity contribution in [2.24, 2.45) is 0 Å². The summed E-state index contributed by atoms with van der Waals surface area (Å²) >= 11 is 0. The predicted molar refractivity (Wildman–Crippen MR) is 106 cm³/mol. The van der Waals surface area contributed by atoms with Gasteiger partial charge < -0.3 is 19.2 Å². The first kappa shape index (κ1) is 23.9. The summed E-state index contributed by atoms with van der Waals surface area (Å²) in [5.41, 5.74) is -1.43. The zero-order valence-electron chi connectivity index (χ0n) is 18.4. The lowest BCUT2D eigenvalue weighted by atomic mass is 9.71. The summed E-state index contributed by atoms with van der Waals surface area (Å²) in [5, 5.41) is 11.0. The number of rotatable bonds is 7. The fourth-order valence-corrected chi connectivity index (χ4v) is 4.84. The van der Waals surface area contributed by atoms with Crippen molar-refractivity contribution in [1.29, 1.82) is 0 Å². The minimum atomic E-state index is -4.67. The van der Waals surface area contributed by atoms with Gasteiger partial charge in [-0.2, -0.15) is 0 Å². The molecular formula is C22H22F5N3O5. The molecule has 1 aromatic carbocycles. The number of fused-ring (bicyclic) bond motifs is 3. The number of benzene rings is 1. The van der Waals surface area contributed by atoms with E-state index >= 15 is 0 Å². The molecule has 35 heavy (non-hydrogen) atoms. The third kappa shape index (κ3) is 4.96. The SMILES string of the molecule is O=C(COc1ccc(F)cc1F)NC12CCC(c3nnc([C@H]4C[C@@H](OC(F)(F)F)C4)o3)(CC1)OC2. The van der Waals surface area contributed by atoms with Crippen LogP contribution in [0, 0.1) is 11.6 Å². The van der Waals surface area contributed by atoms with Gasteiger partial charge in [-0.1, -0.05) is 0 Å². The maximum atomic E-state index is 13.7. The van der Waals surface area contributed by atoms with E-state index in [4.69, 9.17) is 13.9 Å². The molecule has 2 saturated carbocycles. The van der Waals surface area contributed by atoms with Crippen molar-refractivity contribution < 1.29 is 45.4 Å². The van der Waals surface area contributed by atoms with Crippen LogP contribution < -0.4 is 10.1 Å². The Labute approximate surface area is 196 Å². The van der Waals surface area contributed by atoms with E-state index < -0.39 is 47.8 Å². The number of hydrogen-bond acceptors (Lipinski definition) is 7. The average molecular weight is 503 g/mol. The molecule has 0 unspecified atom stereocenters. The molecule has 1 amide bonds. The van der Waals surface area contributed by atoms with Gasteiger partial charge in [-0.15, -0.1) is 23.4 Å². The maximum absolute atomic E-state index is 13.7. The molecule has 6 rings (SSSR count). The predicted octanol–water partition coefficient (Wildman–Crippen LogP) is 3.86. The number of carbonyl (C=O) groups excluding carboxylic acids is 1. The number of carbonyl (C=O) groups is 1. The van der Waals surface area contributed by atoms with Gasteiger partial charge in [0.2, 0.25) is 11.8 Å². The molecule has 3 heterocycles. The Morgan fingerprint density at radius 3 is 2.51 bits per heavy atom. The van der Waals surface area contributed by atoms with Crippen molar-refractivity contribution >= 4 is 5.91 Å². The molecule has 2 aromatic rings. The second-order valence-electron chi connectivity index (χ2n) is 9.27. The van der Waals surface area contributed by atoms with Crippen LogP contribution in [-0.2, 0) is 19.9 Å². The summed E-state index contributed by atoms with van der Waals surface area (Å²) in [4.78, 5) is 12.4. The summed E-state index contributed by atoms with van der Waals surface area (Å²) in [5.74, 6) is -2.09. The molecule has 0 spiro atoms. The summed E-state index contributed by atoms with van der Waals surface area (Å²) in [7, 11) is 0. The molecule has 1 N–H and O–H groups in total. The lowest BCUT2D eigenvalue weighted by Crippen LogP contribution is -2.62. The number of halogens is 5. The molecule has 4 aliphatic rings. The quantitative estimate of drug-likeness (QED) is 0.574. The van der Waals surface area contributed by atoms with Crippen LogP contribution >= 0.6 is 0 Å². The van der Waals surface area contributed by atoms with Gasteiger partial charge in [-0.3, -0.25) is 9.53 Å². The van der Waals surface area contributed by atoms with Crippen LogP contribution in [0.1, 0.15) is 56.2 Å². The third-order valence-electron chi connectivity index (χ3n) is 6.87. The van der Waals surface area contributed by atoms with E-state index in [0.717, 1.165) is 12.1 Å². The Balaban J connectivity index is 1.13. The van der Waals surface area contributed by atoms with Crippen molar-refractivity contribution in [1.82, 2.24) is 15.5 Å². The Kier molecular flexibility index (Phi) is 5.94. The van der Waals surface area contributed by atoms with Gasteiger partial charge in [-0.05, 0) is 50.7 Å². The molecule has 2 aliphatic carbocycles. The monoisotopic (exact) mass is 503 g/mol. The van der Waals surface area contributed by atoms with Crippen LogP contribution in [0.15, 0.2) is 22.6 Å². The molecule has 2 aliphatic heterocycles. The molecule has 2 bridgehead atoms. The average Bonchev–Trinajstić information content (AvgIpc) is 3.26. The van der Waals surface area contributed by atoms with Gasteiger partial charge in [-0.25, -0.2) is 8.78 Å². The lowest BCUT2D eigenvalue weighted by molar-refractivity contribution is -0.352. The number of nitrogens with one attached hydrogen (secondary N) is 1. The molecule has 2 saturated heterocycles. The topological polar surface area (TPSA) is 95.7 Å². The van der Waals surface area contributed by atoms with Gasteiger partial charge in [0, 0.05) is 12.0 Å². The molecule has 1 aromatic heterocycles. The van der Waals surface area contributed by atoms with E-state index in [1.807, 2.05) is 0 Å². The van der Waals surface area contributed by atoms with Crippen molar-refractivity contribution in [3.63, 3.8) is 0 Å². The second-order valence-corrected chi connectivity index (χ2v) is 9.27. The Hall–Kier alpha value is -2.80. The fourth-order valence-electron chi connectivity index (χ4n) is 4.84. The number of amides is 1. The van der Waals surface area contributed by atoms with Crippen LogP contribution in [0.25, 0.3) is 0 Å². The molecule has 13 heteroatoms. The van der Waals surface area contributed by atoms with Crippen molar-refractivity contribution in [2.75, 3.05) is 13.2 Å². The number of ether oxygens (including phenoxy) is 3. The molecule has 0 radical (unpaired) electrons. The van der Waals surface area contributed by atoms with Crippen molar-refractivity contribution in [3.05, 3.63) is 41.6 Å². The van der Waals surface area contributed by atoms with Gasteiger partial charge in [0.1, 0.15) is 11.4 Å². The maximum Gasteiger partial charge on any atom is 0.522 e. The lowest BCUT2D eigenvalue weighted by Gasteiger charge is -2.51. The zero-order chi connectivity index (χ0) is 24.8. The highest BCUT2D eigenvalue weighted by molar-refractivity contribution is 5.78. The highest BCUT2D eigenvalue weighted by Crippen LogP contribution is 2.50. The van der Waals surface area contributed by atoms with E-state index in [2.05, 4.69) is 20.3 Å². The first-order chi connectivity index (χ1) is 16.5. The number of nitrogens with zero attached hydrogens (tertiary/aromatic N) is 2. The van der Waals surface area contributed by atoms with Crippen LogP contribution in [0.5, 0.6) is 5.75 Å². The standard InChI is InChI=1S/C22H22F5N3O5/c23-13-1-2-16(15(24)9-13)32-10-17(31)28-20-3-5-21(6-4-20,33-11-20)19-30-29-18(34-19)12-7-14(8-12)35-22(25,26)27/h1-2,9,12,14H,3-8,10-11H2,(H,28,31)/t12-,14+,20?,21?. The van der Waals surface area contributed by atoms with E-state index in [1.54, 1.807) is 0 Å². The number of aromatic nitrogens is 2. The molecule has 0 atom stereocenters. The molecule has 4 fully saturated rings. The molecular weight excluding hydrogens is 481 g/mol. The van der Waals surface area contributed by atoms with E-state index in [0.29, 0.717) is 31.7 Å². The van der Waals surface area contributed by atoms with Crippen LogP contribution in [0.4, 0.5) is 22.0 Å². The van der Waals surface area contributed by atoms with Crippen LogP contribution in [-0.4, -0.2) is 47.3 Å². The summed E-state index contributed by atoms with van der Waals surface area (Å²) in [6.07, 6.45) is -3.18. The van der Waals surface area contributed by atoms with Gasteiger partial charge in [0.05, 0.1) is 18.2 Å². The zero-order valence-corrected chi connectivity index (χ0v) is 18.4. The van der Waals surface area contributed by atoms with Gasteiger partial charge in [0.15, 0.2) is 18.2 Å². The largest absolute Gasteiger partial charge is 0.522 e. The van der Waals surface area contributed by atoms with E-state index in [-0.39, 0.29) is 42.9 Å². The Morgan fingerprint density at radius 2 is 1.89 bits per heavy atom. The van der Waals surface area contributed by atoms with E-state index in [1.165, 1.54) is 0 Å². The van der Waals surface area contributed by atoms with E-state index in [9.17, 15) is 26.7 Å². The second kappa shape index (κ2) is 8.70. The number of hydrogen-bond donors (Lipinski definition) is 1. The van der Waals surface area contributed by atoms with Gasteiger partial charge >= 0.3 is 6.36 Å².